The number of amides is 1. The number of carbonyl (C=O) groups is 1. The lowest BCUT2D eigenvalue weighted by atomic mass is 10.1. The van der Waals surface area contributed by atoms with Crippen LogP contribution in [0.15, 0.2) is 78.9 Å². The monoisotopic (exact) mass is 490 g/mol. The molecular weight excluding hydrogens is 467 g/mol. The smallest absolute Gasteiger partial charge is 0.272 e. The van der Waals surface area contributed by atoms with E-state index in [1.54, 1.807) is 36.1 Å². The van der Waals surface area contributed by atoms with Crippen molar-refractivity contribution in [1.82, 2.24) is 14.7 Å². The van der Waals surface area contributed by atoms with Crippen molar-refractivity contribution in [3.8, 4) is 22.7 Å². The van der Waals surface area contributed by atoms with Gasteiger partial charge in [0.2, 0.25) is 0 Å². The number of methoxy groups -OCH3 is 1. The molecule has 0 spiro atoms. The number of hydrogen-bond acceptors (Lipinski definition) is 4. The van der Waals surface area contributed by atoms with Gasteiger partial charge in [-0.2, -0.15) is 5.10 Å². The minimum absolute atomic E-state index is 0.134. The van der Waals surface area contributed by atoms with Crippen LogP contribution in [0.3, 0.4) is 0 Å². The lowest BCUT2D eigenvalue weighted by Gasteiger charge is -2.36. The van der Waals surface area contributed by atoms with E-state index in [0.29, 0.717) is 53.8 Å². The summed E-state index contributed by atoms with van der Waals surface area (Å²) in [5, 5.41) is 5.16. The van der Waals surface area contributed by atoms with Crippen LogP contribution in [0.4, 0.5) is 10.1 Å². The summed E-state index contributed by atoms with van der Waals surface area (Å²) >= 11 is 6.46. The van der Waals surface area contributed by atoms with Gasteiger partial charge in [-0.1, -0.05) is 35.9 Å². The third-order valence-electron chi connectivity index (χ3n) is 6.14. The molecule has 2 heterocycles. The predicted molar refractivity (Wildman–Crippen MR) is 135 cm³/mol. The van der Waals surface area contributed by atoms with Crippen molar-refractivity contribution in [2.24, 2.45) is 0 Å². The molecule has 0 radical (unpaired) electrons. The van der Waals surface area contributed by atoms with Gasteiger partial charge >= 0.3 is 0 Å². The maximum Gasteiger partial charge on any atom is 0.272 e. The van der Waals surface area contributed by atoms with Crippen molar-refractivity contribution in [2.45, 2.75) is 0 Å². The van der Waals surface area contributed by atoms with E-state index in [0.717, 1.165) is 11.4 Å². The fourth-order valence-corrected chi connectivity index (χ4v) is 4.52. The molecular formula is C27H24ClFN4O2. The van der Waals surface area contributed by atoms with Gasteiger partial charge < -0.3 is 14.5 Å². The lowest BCUT2D eigenvalue weighted by Crippen LogP contribution is -2.49. The number of piperazine rings is 1. The Hall–Kier alpha value is -3.84. The molecule has 8 heteroatoms. The van der Waals surface area contributed by atoms with E-state index in [9.17, 15) is 9.18 Å². The van der Waals surface area contributed by atoms with Gasteiger partial charge in [0.15, 0.2) is 0 Å². The second-order valence-corrected chi connectivity index (χ2v) is 8.64. The molecule has 0 bridgehead atoms. The Balaban J connectivity index is 1.44. The van der Waals surface area contributed by atoms with Gasteiger partial charge in [-0.3, -0.25) is 4.79 Å². The number of rotatable bonds is 5. The predicted octanol–water partition coefficient (Wildman–Crippen LogP) is 5.30. The third kappa shape index (κ3) is 4.59. The zero-order valence-corrected chi connectivity index (χ0v) is 20.0. The summed E-state index contributed by atoms with van der Waals surface area (Å²) in [4.78, 5) is 17.7. The van der Waals surface area contributed by atoms with E-state index in [4.69, 9.17) is 16.3 Å². The zero-order valence-electron chi connectivity index (χ0n) is 19.2. The molecule has 3 aromatic carbocycles. The summed E-state index contributed by atoms with van der Waals surface area (Å²) in [6, 6.07) is 22.9. The molecule has 1 fully saturated rings. The van der Waals surface area contributed by atoms with E-state index >= 15 is 0 Å². The molecule has 6 nitrogen and oxygen atoms in total. The van der Waals surface area contributed by atoms with Crippen LogP contribution < -0.4 is 9.64 Å². The van der Waals surface area contributed by atoms with Gasteiger partial charge in [-0.15, -0.1) is 0 Å². The standard InChI is InChI=1S/C27H24ClFN4O2/c1-35-26-9-5-4-8-24(26)31-14-16-32(17-15-31)27(34)25-18-22(19-10-12-20(29)13-11-19)30-33(25)23-7-3-2-6-21(23)28/h2-13,18H,14-17H2,1H3. The van der Waals surface area contributed by atoms with Crippen LogP contribution in [0.1, 0.15) is 10.5 Å². The number of ether oxygens (including phenoxy) is 1. The highest BCUT2D eigenvalue weighted by Gasteiger charge is 2.27. The SMILES string of the molecule is COc1ccccc1N1CCN(C(=O)c2cc(-c3ccc(F)cc3)nn2-c2ccccc2Cl)CC1. The molecule has 0 saturated carbocycles. The Morgan fingerprint density at radius 1 is 0.914 bits per heavy atom. The number of aromatic nitrogens is 2. The van der Waals surface area contributed by atoms with Crippen LogP contribution in [0.2, 0.25) is 5.02 Å². The van der Waals surface area contributed by atoms with Gasteiger partial charge in [-0.05, 0) is 54.6 Å². The first-order valence-electron chi connectivity index (χ1n) is 11.3. The van der Waals surface area contributed by atoms with Crippen LogP contribution >= 0.6 is 11.6 Å². The maximum absolute atomic E-state index is 13.7. The van der Waals surface area contributed by atoms with Crippen LogP contribution in [0, 0.1) is 5.82 Å². The lowest BCUT2D eigenvalue weighted by molar-refractivity contribution is 0.0737. The van der Waals surface area contributed by atoms with Gasteiger partial charge in [0.1, 0.15) is 17.3 Å². The molecule has 5 rings (SSSR count). The number of halogens is 2. The molecule has 1 aliphatic rings. The highest BCUT2D eigenvalue weighted by Crippen LogP contribution is 2.30. The Labute approximate surface area is 208 Å². The van der Waals surface area contributed by atoms with E-state index < -0.39 is 0 Å². The van der Waals surface area contributed by atoms with Crippen molar-refractivity contribution in [2.75, 3.05) is 38.2 Å². The van der Waals surface area contributed by atoms with E-state index in [1.807, 2.05) is 47.4 Å². The minimum atomic E-state index is -0.330. The van der Waals surface area contributed by atoms with Crippen LogP contribution in [0.25, 0.3) is 16.9 Å². The molecule has 35 heavy (non-hydrogen) atoms. The van der Waals surface area contributed by atoms with Gasteiger partial charge in [-0.25, -0.2) is 9.07 Å². The second kappa shape index (κ2) is 9.80. The number of nitrogens with zero attached hydrogens (tertiary/aromatic N) is 4. The zero-order chi connectivity index (χ0) is 24.4. The second-order valence-electron chi connectivity index (χ2n) is 8.24. The largest absolute Gasteiger partial charge is 0.495 e. The van der Waals surface area contributed by atoms with Crippen LogP contribution in [-0.2, 0) is 0 Å². The fourth-order valence-electron chi connectivity index (χ4n) is 4.31. The Morgan fingerprint density at radius 3 is 2.26 bits per heavy atom. The van der Waals surface area contributed by atoms with E-state index in [1.165, 1.54) is 12.1 Å². The highest BCUT2D eigenvalue weighted by molar-refractivity contribution is 6.32. The summed E-state index contributed by atoms with van der Waals surface area (Å²) in [5.41, 5.74) is 3.32. The van der Waals surface area contributed by atoms with Crippen molar-refractivity contribution in [1.29, 1.82) is 0 Å². The highest BCUT2D eigenvalue weighted by atomic mass is 35.5. The Kier molecular flexibility index (Phi) is 6.42. The first-order chi connectivity index (χ1) is 17.0. The number of benzene rings is 3. The number of para-hydroxylation sites is 3. The topological polar surface area (TPSA) is 50.6 Å². The molecule has 0 N–H and O–H groups in total. The molecule has 0 unspecified atom stereocenters. The van der Waals surface area contributed by atoms with Crippen LogP contribution in [-0.4, -0.2) is 53.9 Å². The first kappa shape index (κ1) is 22.9. The molecule has 0 atom stereocenters. The first-order valence-corrected chi connectivity index (χ1v) is 11.7. The minimum Gasteiger partial charge on any atom is -0.495 e. The molecule has 1 saturated heterocycles. The van der Waals surface area contributed by atoms with Gasteiger partial charge in [0.05, 0.1) is 29.2 Å². The van der Waals surface area contributed by atoms with Gasteiger partial charge in [0, 0.05) is 31.7 Å². The molecule has 178 valence electrons. The van der Waals surface area contributed by atoms with Crippen molar-refractivity contribution >= 4 is 23.2 Å². The average Bonchev–Trinajstić information content (AvgIpc) is 3.34. The van der Waals surface area contributed by atoms with Crippen molar-refractivity contribution in [3.63, 3.8) is 0 Å². The van der Waals surface area contributed by atoms with Gasteiger partial charge in [0.25, 0.3) is 5.91 Å². The number of carbonyl (C=O) groups excluding carboxylic acids is 1. The van der Waals surface area contributed by atoms with E-state index in [-0.39, 0.29) is 11.7 Å². The maximum atomic E-state index is 13.7. The summed E-state index contributed by atoms with van der Waals surface area (Å²) in [6.07, 6.45) is 0. The molecule has 1 aromatic heterocycles. The fraction of sp³-hybridized carbons (Fsp3) is 0.185. The molecule has 0 aliphatic carbocycles. The Morgan fingerprint density at radius 2 is 1.57 bits per heavy atom. The summed E-state index contributed by atoms with van der Waals surface area (Å²) in [7, 11) is 1.66. The molecule has 1 amide bonds. The molecule has 1 aliphatic heterocycles. The Bertz CT molecular complexity index is 1350. The average molecular weight is 491 g/mol. The normalized spacial score (nSPS) is 13.7. The summed E-state index contributed by atoms with van der Waals surface area (Å²) < 4.78 is 20.5. The molecule has 4 aromatic rings. The summed E-state index contributed by atoms with van der Waals surface area (Å²) in [5.74, 6) is 0.349. The third-order valence-corrected chi connectivity index (χ3v) is 6.46. The van der Waals surface area contributed by atoms with Crippen molar-refractivity contribution in [3.05, 3.63) is 95.4 Å². The number of hydrogen-bond donors (Lipinski definition) is 0. The van der Waals surface area contributed by atoms with Crippen LogP contribution in [0.5, 0.6) is 5.75 Å². The van der Waals surface area contributed by atoms with E-state index in [2.05, 4.69) is 10.00 Å². The van der Waals surface area contributed by atoms with Crippen molar-refractivity contribution < 1.29 is 13.9 Å². The number of anilines is 1. The summed E-state index contributed by atoms with van der Waals surface area (Å²) in [6.45, 7) is 2.46. The quantitative estimate of drug-likeness (QED) is 0.381.